The number of ether oxygens (including phenoxy) is 2. The van der Waals surface area contributed by atoms with E-state index in [2.05, 4.69) is 4.90 Å². The van der Waals surface area contributed by atoms with Crippen LogP contribution in [0.5, 0.6) is 0 Å². The number of likely N-dealkylation sites (tertiary alicyclic amines) is 1. The Morgan fingerprint density at radius 2 is 2.06 bits per heavy atom. The van der Waals surface area contributed by atoms with Crippen molar-refractivity contribution in [3.8, 4) is 0 Å². The molecule has 2 aliphatic heterocycles. The Labute approximate surface area is 104 Å². The van der Waals surface area contributed by atoms with Crippen molar-refractivity contribution in [2.75, 3.05) is 46.6 Å². The predicted molar refractivity (Wildman–Crippen MR) is 67.9 cm³/mol. The van der Waals surface area contributed by atoms with Gasteiger partial charge in [0.15, 0.2) is 0 Å². The number of rotatable bonds is 4. The Hall–Kier alpha value is -0.160. The first kappa shape index (κ1) is 13.3. The number of hydrogen-bond donors (Lipinski definition) is 1. The molecule has 0 aliphatic carbocycles. The molecule has 4 heteroatoms. The van der Waals surface area contributed by atoms with Gasteiger partial charge in [-0.25, -0.2) is 0 Å². The standard InChI is InChI=1S/C13H26N2O2/c1-16-9-11-2-5-15(6-3-11)8-12-10-17-7-4-13(12)14/h11-13H,2-10,14H2,1H3. The van der Waals surface area contributed by atoms with Crippen LogP contribution in [-0.2, 0) is 9.47 Å². The largest absolute Gasteiger partial charge is 0.384 e. The van der Waals surface area contributed by atoms with Gasteiger partial charge in [0.05, 0.1) is 6.61 Å². The van der Waals surface area contributed by atoms with Gasteiger partial charge in [-0.1, -0.05) is 0 Å². The van der Waals surface area contributed by atoms with E-state index in [0.717, 1.165) is 38.7 Å². The van der Waals surface area contributed by atoms with Crippen molar-refractivity contribution < 1.29 is 9.47 Å². The molecular weight excluding hydrogens is 216 g/mol. The minimum Gasteiger partial charge on any atom is -0.384 e. The van der Waals surface area contributed by atoms with E-state index in [1.807, 2.05) is 0 Å². The van der Waals surface area contributed by atoms with Crippen LogP contribution in [0.15, 0.2) is 0 Å². The average Bonchev–Trinajstić information content (AvgIpc) is 2.35. The summed E-state index contributed by atoms with van der Waals surface area (Å²) in [5.74, 6) is 1.29. The highest BCUT2D eigenvalue weighted by atomic mass is 16.5. The lowest BCUT2D eigenvalue weighted by atomic mass is 9.93. The van der Waals surface area contributed by atoms with Crippen molar-refractivity contribution in [1.29, 1.82) is 0 Å². The first-order chi connectivity index (χ1) is 8.29. The zero-order valence-electron chi connectivity index (χ0n) is 10.9. The average molecular weight is 242 g/mol. The van der Waals surface area contributed by atoms with E-state index in [9.17, 15) is 0 Å². The zero-order valence-corrected chi connectivity index (χ0v) is 10.9. The van der Waals surface area contributed by atoms with Gasteiger partial charge in [-0.15, -0.1) is 0 Å². The van der Waals surface area contributed by atoms with E-state index >= 15 is 0 Å². The SMILES string of the molecule is COCC1CCN(CC2COCCC2N)CC1. The molecule has 0 amide bonds. The minimum absolute atomic E-state index is 0.334. The van der Waals surface area contributed by atoms with Gasteiger partial charge in [-0.05, 0) is 38.3 Å². The van der Waals surface area contributed by atoms with E-state index in [1.54, 1.807) is 7.11 Å². The second kappa shape index (κ2) is 6.69. The number of methoxy groups -OCH3 is 1. The lowest BCUT2D eigenvalue weighted by Gasteiger charge is -2.37. The molecule has 4 nitrogen and oxygen atoms in total. The van der Waals surface area contributed by atoms with Crippen LogP contribution in [-0.4, -0.2) is 57.5 Å². The van der Waals surface area contributed by atoms with Crippen LogP contribution in [0.2, 0.25) is 0 Å². The Bertz CT molecular complexity index is 217. The third kappa shape index (κ3) is 3.91. The second-order valence-corrected chi connectivity index (χ2v) is 5.49. The number of piperidine rings is 1. The summed E-state index contributed by atoms with van der Waals surface area (Å²) in [4.78, 5) is 2.55. The molecule has 0 bridgehead atoms. The Balaban J connectivity index is 1.70. The minimum atomic E-state index is 0.334. The fourth-order valence-corrected chi connectivity index (χ4v) is 2.90. The van der Waals surface area contributed by atoms with E-state index in [-0.39, 0.29) is 0 Å². The molecule has 0 spiro atoms. The number of nitrogens with zero attached hydrogens (tertiary/aromatic N) is 1. The molecule has 0 saturated carbocycles. The van der Waals surface area contributed by atoms with Crippen molar-refractivity contribution in [1.82, 2.24) is 4.90 Å². The summed E-state index contributed by atoms with van der Waals surface area (Å²) in [6.45, 7) is 6.10. The summed E-state index contributed by atoms with van der Waals surface area (Å²) >= 11 is 0. The Morgan fingerprint density at radius 1 is 1.29 bits per heavy atom. The van der Waals surface area contributed by atoms with Gasteiger partial charge in [0, 0.05) is 38.8 Å². The third-order valence-corrected chi connectivity index (χ3v) is 4.14. The maximum atomic E-state index is 6.14. The molecular formula is C13H26N2O2. The highest BCUT2D eigenvalue weighted by Crippen LogP contribution is 2.20. The van der Waals surface area contributed by atoms with Crippen LogP contribution in [0.3, 0.4) is 0 Å². The molecule has 2 atom stereocenters. The first-order valence-electron chi connectivity index (χ1n) is 6.84. The van der Waals surface area contributed by atoms with E-state index in [0.29, 0.717) is 12.0 Å². The molecule has 2 fully saturated rings. The maximum absolute atomic E-state index is 6.14. The van der Waals surface area contributed by atoms with Gasteiger partial charge >= 0.3 is 0 Å². The third-order valence-electron chi connectivity index (χ3n) is 4.14. The summed E-state index contributed by atoms with van der Waals surface area (Å²) in [7, 11) is 1.80. The number of hydrogen-bond acceptors (Lipinski definition) is 4. The molecule has 2 aliphatic rings. The monoisotopic (exact) mass is 242 g/mol. The summed E-state index contributed by atoms with van der Waals surface area (Å²) in [5, 5.41) is 0. The molecule has 17 heavy (non-hydrogen) atoms. The van der Waals surface area contributed by atoms with Crippen molar-refractivity contribution >= 4 is 0 Å². The van der Waals surface area contributed by atoms with Crippen LogP contribution in [0.1, 0.15) is 19.3 Å². The molecule has 2 unspecified atom stereocenters. The summed E-state index contributed by atoms with van der Waals surface area (Å²) in [6, 6.07) is 0.334. The first-order valence-corrected chi connectivity index (χ1v) is 6.84. The Kier molecular flexibility index (Phi) is 5.22. The normalized spacial score (nSPS) is 32.8. The second-order valence-electron chi connectivity index (χ2n) is 5.49. The quantitative estimate of drug-likeness (QED) is 0.789. The summed E-state index contributed by atoms with van der Waals surface area (Å²) in [6.07, 6.45) is 3.54. The van der Waals surface area contributed by atoms with Gasteiger partial charge in [-0.2, -0.15) is 0 Å². The topological polar surface area (TPSA) is 47.7 Å². The molecule has 2 saturated heterocycles. The van der Waals surface area contributed by atoms with Gasteiger partial charge in [0.25, 0.3) is 0 Å². The van der Waals surface area contributed by atoms with Crippen molar-refractivity contribution in [3.05, 3.63) is 0 Å². The van der Waals surface area contributed by atoms with Crippen molar-refractivity contribution in [2.24, 2.45) is 17.6 Å². The van der Waals surface area contributed by atoms with Crippen LogP contribution < -0.4 is 5.73 Å². The maximum Gasteiger partial charge on any atom is 0.0521 e. The van der Waals surface area contributed by atoms with Crippen LogP contribution in [0, 0.1) is 11.8 Å². The molecule has 2 rings (SSSR count). The molecule has 0 aromatic rings. The fourth-order valence-electron chi connectivity index (χ4n) is 2.90. The summed E-state index contributed by atoms with van der Waals surface area (Å²) < 4.78 is 10.8. The molecule has 0 aromatic carbocycles. The summed E-state index contributed by atoms with van der Waals surface area (Å²) in [5.41, 5.74) is 6.14. The molecule has 0 radical (unpaired) electrons. The van der Waals surface area contributed by atoms with Crippen molar-refractivity contribution in [3.63, 3.8) is 0 Å². The highest BCUT2D eigenvalue weighted by molar-refractivity contribution is 4.81. The van der Waals surface area contributed by atoms with Gasteiger partial charge in [0.1, 0.15) is 0 Å². The van der Waals surface area contributed by atoms with E-state index in [4.69, 9.17) is 15.2 Å². The van der Waals surface area contributed by atoms with Crippen LogP contribution in [0.4, 0.5) is 0 Å². The lowest BCUT2D eigenvalue weighted by Crippen LogP contribution is -2.47. The van der Waals surface area contributed by atoms with Gasteiger partial charge in [0.2, 0.25) is 0 Å². The fraction of sp³-hybridized carbons (Fsp3) is 1.00. The van der Waals surface area contributed by atoms with Gasteiger partial charge in [-0.3, -0.25) is 0 Å². The lowest BCUT2D eigenvalue weighted by molar-refractivity contribution is 0.0173. The van der Waals surface area contributed by atoms with E-state index < -0.39 is 0 Å². The zero-order chi connectivity index (χ0) is 12.1. The van der Waals surface area contributed by atoms with Crippen LogP contribution >= 0.6 is 0 Å². The smallest absolute Gasteiger partial charge is 0.0521 e. The molecule has 0 aromatic heterocycles. The Morgan fingerprint density at radius 3 is 2.71 bits per heavy atom. The molecule has 2 heterocycles. The van der Waals surface area contributed by atoms with E-state index in [1.165, 1.54) is 25.9 Å². The predicted octanol–water partition coefficient (Wildman–Crippen LogP) is 0.709. The van der Waals surface area contributed by atoms with Gasteiger partial charge < -0.3 is 20.1 Å². The van der Waals surface area contributed by atoms with Crippen molar-refractivity contribution in [2.45, 2.75) is 25.3 Å². The molecule has 100 valence electrons. The van der Waals surface area contributed by atoms with Crippen LogP contribution in [0.25, 0.3) is 0 Å². The molecule has 2 N–H and O–H groups in total. The highest BCUT2D eigenvalue weighted by Gasteiger charge is 2.26. The number of nitrogens with two attached hydrogens (primary N) is 1.